The molecule has 0 aliphatic carbocycles. The molecule has 0 saturated carbocycles. The molecule has 0 N–H and O–H groups in total. The smallest absolute Gasteiger partial charge is 0.0979 e. The number of benzene rings is 12. The summed E-state index contributed by atoms with van der Waals surface area (Å²) in [7, 11) is 0. The first-order valence-corrected chi connectivity index (χ1v) is 23.7. The quantitative estimate of drug-likeness (QED) is 0.161. The van der Waals surface area contributed by atoms with Crippen molar-refractivity contribution in [3.63, 3.8) is 0 Å². The molecule has 0 spiro atoms. The van der Waals surface area contributed by atoms with E-state index >= 15 is 0 Å². The van der Waals surface area contributed by atoms with Crippen LogP contribution in [-0.2, 0) is 0 Å². The van der Waals surface area contributed by atoms with E-state index in [1.165, 1.54) is 102 Å². The summed E-state index contributed by atoms with van der Waals surface area (Å²) in [6.45, 7) is 0. The van der Waals surface area contributed by atoms with Crippen LogP contribution in [0.25, 0.3) is 141 Å². The molecular formula is C64H38N2S. The maximum atomic E-state index is 5.32. The van der Waals surface area contributed by atoms with Gasteiger partial charge >= 0.3 is 0 Å². The van der Waals surface area contributed by atoms with E-state index in [2.05, 4.69) is 224 Å². The van der Waals surface area contributed by atoms with Crippen LogP contribution in [-0.4, -0.2) is 9.97 Å². The fourth-order valence-electron chi connectivity index (χ4n) is 10.9. The van der Waals surface area contributed by atoms with Gasteiger partial charge in [0.25, 0.3) is 0 Å². The van der Waals surface area contributed by atoms with E-state index in [1.807, 2.05) is 17.5 Å². The van der Waals surface area contributed by atoms with Crippen molar-refractivity contribution in [2.45, 2.75) is 0 Å². The molecule has 67 heavy (non-hydrogen) atoms. The van der Waals surface area contributed by atoms with Crippen molar-refractivity contribution in [2.24, 2.45) is 0 Å². The Kier molecular flexibility index (Phi) is 8.49. The third kappa shape index (κ3) is 5.88. The minimum absolute atomic E-state index is 0.859. The molecule has 3 heteroatoms. The van der Waals surface area contributed by atoms with E-state index in [0.717, 1.165) is 38.6 Å². The number of rotatable bonds is 5. The zero-order valence-electron chi connectivity index (χ0n) is 36.2. The first-order chi connectivity index (χ1) is 33.2. The highest BCUT2D eigenvalue weighted by atomic mass is 32.1. The van der Waals surface area contributed by atoms with Crippen molar-refractivity contribution in [3.05, 3.63) is 231 Å². The van der Waals surface area contributed by atoms with Crippen LogP contribution in [0.4, 0.5) is 0 Å². The summed E-state index contributed by atoms with van der Waals surface area (Å²) in [5.41, 5.74) is 13.5. The van der Waals surface area contributed by atoms with Gasteiger partial charge in [-0.15, -0.1) is 11.3 Å². The van der Waals surface area contributed by atoms with Crippen molar-refractivity contribution in [1.29, 1.82) is 0 Å². The Morgan fingerprint density at radius 1 is 0.269 bits per heavy atom. The van der Waals surface area contributed by atoms with Crippen molar-refractivity contribution in [3.8, 4) is 55.8 Å². The number of hydrogen-bond donors (Lipinski definition) is 0. The number of fused-ring (bicyclic) bond motifs is 12. The summed E-state index contributed by atoms with van der Waals surface area (Å²) in [4.78, 5) is 10.4. The van der Waals surface area contributed by atoms with Crippen LogP contribution >= 0.6 is 11.3 Å². The van der Waals surface area contributed by atoms with Gasteiger partial charge in [-0.3, -0.25) is 4.98 Å². The lowest BCUT2D eigenvalue weighted by atomic mass is 9.86. The fourth-order valence-corrected chi connectivity index (χ4v) is 12.1. The summed E-state index contributed by atoms with van der Waals surface area (Å²) >= 11 is 1.89. The van der Waals surface area contributed by atoms with Gasteiger partial charge in [0.2, 0.25) is 0 Å². The standard InChI is InChI=1S/C64H38N2S/c1-2-18-43-42(17-1)41(39-15-13-16-40(37-39)60-38-65-62-56-26-9-7-23-48(56)49-24-8-10-27-57(49)63(62)66-60)31-32-50(43)51-33-34-52(45-20-4-3-19-44(45)51)53-35-36-54(47-22-6-5-21-46(47)53)58-28-14-29-59-55-25-11-12-30-61(55)67-64(58)59/h1-38H. The number of nitrogens with zero attached hydrogens (tertiary/aromatic N) is 2. The van der Waals surface area contributed by atoms with Gasteiger partial charge in [-0.25, -0.2) is 4.98 Å². The molecule has 0 bridgehead atoms. The average Bonchev–Trinajstić information content (AvgIpc) is 3.79. The monoisotopic (exact) mass is 866 g/mol. The molecule has 0 unspecified atom stereocenters. The lowest BCUT2D eigenvalue weighted by Gasteiger charge is -2.18. The summed E-state index contributed by atoms with van der Waals surface area (Å²) in [6.07, 6.45) is 1.93. The molecule has 14 aromatic rings. The van der Waals surface area contributed by atoms with E-state index in [0.29, 0.717) is 0 Å². The zero-order chi connectivity index (χ0) is 44.0. The van der Waals surface area contributed by atoms with Gasteiger partial charge in [-0.1, -0.05) is 212 Å². The largest absolute Gasteiger partial charge is 0.252 e. The predicted octanol–water partition coefficient (Wildman–Crippen LogP) is 18.1. The van der Waals surface area contributed by atoms with Gasteiger partial charge in [0.1, 0.15) is 0 Å². The second kappa shape index (κ2) is 15.0. The average molecular weight is 867 g/mol. The first-order valence-electron chi connectivity index (χ1n) is 22.9. The second-order valence-electron chi connectivity index (χ2n) is 17.5. The lowest BCUT2D eigenvalue weighted by molar-refractivity contribution is 1.31. The molecule has 0 fully saturated rings. The van der Waals surface area contributed by atoms with Crippen LogP contribution < -0.4 is 0 Å². The third-order valence-electron chi connectivity index (χ3n) is 13.9. The van der Waals surface area contributed by atoms with Crippen LogP contribution in [0.2, 0.25) is 0 Å². The van der Waals surface area contributed by atoms with Gasteiger partial charge < -0.3 is 0 Å². The Hall–Kier alpha value is -8.50. The SMILES string of the molecule is c1cc(-c2cnc3c4ccccc4c4ccccc4c3n2)cc(-c2ccc(-c3ccc(-c4ccc(-c5cccc6c5sc5ccccc56)c5ccccc45)c4ccccc34)c3ccccc23)c1. The second-order valence-corrected chi connectivity index (χ2v) is 18.6. The highest BCUT2D eigenvalue weighted by Gasteiger charge is 2.19. The van der Waals surface area contributed by atoms with Gasteiger partial charge in [0.05, 0.1) is 22.9 Å². The summed E-state index contributed by atoms with van der Waals surface area (Å²) in [5.74, 6) is 0. The van der Waals surface area contributed by atoms with Crippen molar-refractivity contribution >= 4 is 96.4 Å². The van der Waals surface area contributed by atoms with Crippen molar-refractivity contribution in [2.75, 3.05) is 0 Å². The van der Waals surface area contributed by atoms with Crippen LogP contribution in [0.1, 0.15) is 0 Å². The molecule has 0 saturated heterocycles. The van der Waals surface area contributed by atoms with Crippen LogP contribution in [0.15, 0.2) is 231 Å². The summed E-state index contributed by atoms with van der Waals surface area (Å²) in [5, 5.41) is 14.7. The molecule has 0 amide bonds. The van der Waals surface area contributed by atoms with E-state index < -0.39 is 0 Å². The van der Waals surface area contributed by atoms with Crippen molar-refractivity contribution in [1.82, 2.24) is 9.97 Å². The van der Waals surface area contributed by atoms with E-state index in [9.17, 15) is 0 Å². The molecule has 0 aliphatic heterocycles. The van der Waals surface area contributed by atoms with E-state index in [1.54, 1.807) is 0 Å². The minimum Gasteiger partial charge on any atom is -0.252 e. The van der Waals surface area contributed by atoms with Gasteiger partial charge in [0, 0.05) is 42.1 Å². The Balaban J connectivity index is 0.877. The van der Waals surface area contributed by atoms with E-state index in [4.69, 9.17) is 9.97 Å². The maximum absolute atomic E-state index is 5.32. The van der Waals surface area contributed by atoms with Gasteiger partial charge in [-0.2, -0.15) is 0 Å². The van der Waals surface area contributed by atoms with Gasteiger partial charge in [-0.05, 0) is 94.2 Å². The normalized spacial score (nSPS) is 11.9. The molecule has 0 atom stereocenters. The number of aromatic nitrogens is 2. The zero-order valence-corrected chi connectivity index (χ0v) is 37.1. The van der Waals surface area contributed by atoms with Crippen molar-refractivity contribution < 1.29 is 0 Å². The van der Waals surface area contributed by atoms with Crippen LogP contribution in [0.3, 0.4) is 0 Å². The topological polar surface area (TPSA) is 25.8 Å². The Bertz CT molecular complexity index is 4320. The van der Waals surface area contributed by atoms with Gasteiger partial charge in [0.15, 0.2) is 0 Å². The molecule has 310 valence electrons. The van der Waals surface area contributed by atoms with E-state index in [-0.39, 0.29) is 0 Å². The highest BCUT2D eigenvalue weighted by molar-refractivity contribution is 7.26. The fraction of sp³-hybridized carbons (Fsp3) is 0. The van der Waals surface area contributed by atoms with Crippen LogP contribution in [0.5, 0.6) is 0 Å². The molecule has 12 aromatic carbocycles. The Morgan fingerprint density at radius 3 is 1.24 bits per heavy atom. The number of thiophene rings is 1. The molecular weight excluding hydrogens is 829 g/mol. The molecule has 2 aromatic heterocycles. The minimum atomic E-state index is 0.859. The predicted molar refractivity (Wildman–Crippen MR) is 287 cm³/mol. The van der Waals surface area contributed by atoms with Crippen LogP contribution in [0, 0.1) is 0 Å². The lowest BCUT2D eigenvalue weighted by Crippen LogP contribution is -1.93. The first kappa shape index (κ1) is 37.8. The third-order valence-corrected chi connectivity index (χ3v) is 15.2. The molecule has 2 heterocycles. The summed E-state index contributed by atoms with van der Waals surface area (Å²) in [6, 6.07) is 82.0. The Morgan fingerprint density at radius 2 is 0.672 bits per heavy atom. The molecule has 2 nitrogen and oxygen atoms in total. The Labute approximate surface area is 390 Å². The molecule has 0 radical (unpaired) electrons. The number of hydrogen-bond acceptors (Lipinski definition) is 3. The summed E-state index contributed by atoms with van der Waals surface area (Å²) < 4.78 is 2.66. The molecule has 14 rings (SSSR count). The maximum Gasteiger partial charge on any atom is 0.0979 e. The molecule has 0 aliphatic rings. The highest BCUT2D eigenvalue weighted by Crippen LogP contribution is 2.46.